The van der Waals surface area contributed by atoms with Gasteiger partial charge in [0.25, 0.3) is 22.7 Å². The molecule has 0 spiro atoms. The molecule has 12 heteroatoms. The standard InChI is InChI=1S/C25H17Cl2N3O6S/c26-18-3-1-2-4-20(18)28-23(31)14-36-21-10-7-16(11-19(21)27)12-22-24(32)29(25(33)37-22)13-15-5-8-17(9-6-15)30(34)35/h1-12H,13-14H2,(H,28,31)/b22-12-. The molecule has 37 heavy (non-hydrogen) atoms. The molecule has 0 atom stereocenters. The zero-order valence-electron chi connectivity index (χ0n) is 18.9. The number of non-ortho nitro benzene ring substituents is 1. The lowest BCUT2D eigenvalue weighted by molar-refractivity contribution is -0.384. The van der Waals surface area contributed by atoms with Gasteiger partial charge in [-0.15, -0.1) is 0 Å². The molecule has 3 aromatic carbocycles. The van der Waals surface area contributed by atoms with Crippen LogP contribution in [0.3, 0.4) is 0 Å². The molecule has 1 aliphatic heterocycles. The fourth-order valence-electron chi connectivity index (χ4n) is 3.31. The average Bonchev–Trinajstić information content (AvgIpc) is 3.12. The molecule has 0 bridgehead atoms. The Kier molecular flexibility index (Phi) is 8.12. The molecule has 0 radical (unpaired) electrons. The second kappa shape index (κ2) is 11.5. The Morgan fingerprint density at radius 3 is 2.46 bits per heavy atom. The molecule has 0 saturated carbocycles. The Hall–Kier alpha value is -3.86. The van der Waals surface area contributed by atoms with E-state index in [-0.39, 0.29) is 34.5 Å². The predicted molar refractivity (Wildman–Crippen MR) is 142 cm³/mol. The second-order valence-electron chi connectivity index (χ2n) is 7.70. The van der Waals surface area contributed by atoms with E-state index in [9.17, 15) is 24.5 Å². The molecule has 3 amide bonds. The molecular formula is C25H17Cl2N3O6S. The van der Waals surface area contributed by atoms with Gasteiger partial charge in [-0.2, -0.15) is 0 Å². The summed E-state index contributed by atoms with van der Waals surface area (Å²) in [5.74, 6) is -0.643. The Balaban J connectivity index is 1.38. The van der Waals surface area contributed by atoms with E-state index in [4.69, 9.17) is 27.9 Å². The van der Waals surface area contributed by atoms with Gasteiger partial charge in [0.15, 0.2) is 6.61 Å². The third-order valence-electron chi connectivity index (χ3n) is 5.12. The number of nitrogens with one attached hydrogen (secondary N) is 1. The molecule has 188 valence electrons. The van der Waals surface area contributed by atoms with Crippen molar-refractivity contribution in [2.45, 2.75) is 6.54 Å². The van der Waals surface area contributed by atoms with Crippen molar-refractivity contribution in [2.24, 2.45) is 0 Å². The second-order valence-corrected chi connectivity index (χ2v) is 9.51. The summed E-state index contributed by atoms with van der Waals surface area (Å²) in [5, 5.41) is 13.6. The van der Waals surface area contributed by atoms with Crippen molar-refractivity contribution in [1.82, 2.24) is 4.90 Å². The fourth-order valence-corrected chi connectivity index (χ4v) is 4.57. The van der Waals surface area contributed by atoms with Crippen LogP contribution in [0.5, 0.6) is 5.75 Å². The van der Waals surface area contributed by atoms with Crippen LogP contribution in [-0.2, 0) is 16.1 Å². The number of hydrogen-bond donors (Lipinski definition) is 1. The monoisotopic (exact) mass is 557 g/mol. The van der Waals surface area contributed by atoms with Gasteiger partial charge in [-0.1, -0.05) is 53.5 Å². The van der Waals surface area contributed by atoms with Gasteiger partial charge in [0, 0.05) is 12.1 Å². The van der Waals surface area contributed by atoms with Gasteiger partial charge in [0.2, 0.25) is 0 Å². The van der Waals surface area contributed by atoms with Crippen LogP contribution in [0.4, 0.5) is 16.2 Å². The molecule has 0 aromatic heterocycles. The van der Waals surface area contributed by atoms with Crippen molar-refractivity contribution < 1.29 is 24.0 Å². The number of hydrogen-bond acceptors (Lipinski definition) is 7. The fraction of sp³-hybridized carbons (Fsp3) is 0.0800. The van der Waals surface area contributed by atoms with Crippen molar-refractivity contribution in [3.8, 4) is 5.75 Å². The summed E-state index contributed by atoms with van der Waals surface area (Å²) in [5.41, 5.74) is 1.51. The topological polar surface area (TPSA) is 119 Å². The number of nitrogens with zero attached hydrogens (tertiary/aromatic N) is 2. The van der Waals surface area contributed by atoms with Crippen LogP contribution < -0.4 is 10.1 Å². The maximum Gasteiger partial charge on any atom is 0.293 e. The van der Waals surface area contributed by atoms with E-state index in [1.54, 1.807) is 42.5 Å². The highest BCUT2D eigenvalue weighted by Crippen LogP contribution is 2.35. The maximum absolute atomic E-state index is 12.8. The molecule has 1 saturated heterocycles. The molecule has 1 N–H and O–H groups in total. The average molecular weight is 558 g/mol. The summed E-state index contributed by atoms with van der Waals surface area (Å²) in [6.45, 7) is -0.310. The van der Waals surface area contributed by atoms with Crippen molar-refractivity contribution in [1.29, 1.82) is 0 Å². The molecule has 9 nitrogen and oxygen atoms in total. The first-order valence-corrected chi connectivity index (χ1v) is 12.2. The summed E-state index contributed by atoms with van der Waals surface area (Å²) in [6.07, 6.45) is 1.53. The third kappa shape index (κ3) is 6.48. The summed E-state index contributed by atoms with van der Waals surface area (Å²) in [7, 11) is 0. The van der Waals surface area contributed by atoms with Crippen molar-refractivity contribution >= 4 is 69.5 Å². The summed E-state index contributed by atoms with van der Waals surface area (Å²) < 4.78 is 5.50. The highest BCUT2D eigenvalue weighted by Gasteiger charge is 2.35. The minimum Gasteiger partial charge on any atom is -0.482 e. The number of anilines is 1. The molecule has 1 heterocycles. The van der Waals surface area contributed by atoms with Crippen LogP contribution in [0, 0.1) is 10.1 Å². The number of imide groups is 1. The van der Waals surface area contributed by atoms with E-state index >= 15 is 0 Å². The van der Waals surface area contributed by atoms with Crippen LogP contribution in [0.25, 0.3) is 6.08 Å². The molecule has 1 aliphatic rings. The molecule has 1 fully saturated rings. The molecule has 0 aliphatic carbocycles. The molecular weight excluding hydrogens is 541 g/mol. The lowest BCUT2D eigenvalue weighted by Gasteiger charge is -2.12. The smallest absolute Gasteiger partial charge is 0.293 e. The Labute approximate surface area is 225 Å². The van der Waals surface area contributed by atoms with Crippen LogP contribution >= 0.6 is 35.0 Å². The summed E-state index contributed by atoms with van der Waals surface area (Å²) in [6, 6.07) is 17.2. The first kappa shape index (κ1) is 26.2. The van der Waals surface area contributed by atoms with E-state index in [2.05, 4.69) is 5.32 Å². The van der Waals surface area contributed by atoms with E-state index in [0.717, 1.165) is 16.7 Å². The van der Waals surface area contributed by atoms with Crippen LogP contribution in [0.1, 0.15) is 11.1 Å². The van der Waals surface area contributed by atoms with E-state index < -0.39 is 22.0 Å². The number of para-hydroxylation sites is 1. The number of thioether (sulfide) groups is 1. The number of amides is 3. The largest absolute Gasteiger partial charge is 0.482 e. The van der Waals surface area contributed by atoms with Crippen LogP contribution in [0.2, 0.25) is 10.0 Å². The molecule has 4 rings (SSSR count). The highest BCUT2D eigenvalue weighted by atomic mass is 35.5. The number of ether oxygens (including phenoxy) is 1. The molecule has 3 aromatic rings. The van der Waals surface area contributed by atoms with Gasteiger partial charge in [0.05, 0.1) is 32.1 Å². The Bertz CT molecular complexity index is 1430. The van der Waals surface area contributed by atoms with E-state index in [0.29, 0.717) is 21.8 Å². The number of rotatable bonds is 8. The SMILES string of the molecule is O=C(COc1ccc(/C=C2\SC(=O)N(Cc3ccc([N+](=O)[O-])cc3)C2=O)cc1Cl)Nc1ccccc1Cl. The highest BCUT2D eigenvalue weighted by molar-refractivity contribution is 8.18. The van der Waals surface area contributed by atoms with Gasteiger partial charge in [0.1, 0.15) is 5.75 Å². The number of nitro benzene ring substituents is 1. The zero-order chi connectivity index (χ0) is 26.5. The molecule has 0 unspecified atom stereocenters. The number of carbonyl (C=O) groups excluding carboxylic acids is 3. The third-order valence-corrected chi connectivity index (χ3v) is 6.65. The number of benzene rings is 3. The maximum atomic E-state index is 12.8. The van der Waals surface area contributed by atoms with Gasteiger partial charge in [-0.25, -0.2) is 0 Å². The van der Waals surface area contributed by atoms with Gasteiger partial charge in [-0.3, -0.25) is 29.4 Å². The Morgan fingerprint density at radius 1 is 1.05 bits per heavy atom. The summed E-state index contributed by atoms with van der Waals surface area (Å²) >= 11 is 13.1. The van der Waals surface area contributed by atoms with Crippen LogP contribution in [0.15, 0.2) is 71.6 Å². The van der Waals surface area contributed by atoms with Crippen LogP contribution in [-0.4, -0.2) is 33.5 Å². The first-order chi connectivity index (χ1) is 17.7. The van der Waals surface area contributed by atoms with Gasteiger partial charge >= 0.3 is 0 Å². The van der Waals surface area contributed by atoms with Gasteiger partial charge < -0.3 is 10.1 Å². The van der Waals surface area contributed by atoms with Crippen molar-refractivity contribution in [3.63, 3.8) is 0 Å². The normalized spacial score (nSPS) is 14.2. The Morgan fingerprint density at radius 2 is 1.78 bits per heavy atom. The van der Waals surface area contributed by atoms with Crippen molar-refractivity contribution in [3.05, 3.63) is 103 Å². The number of halogens is 2. The predicted octanol–water partition coefficient (Wildman–Crippen LogP) is 6.16. The number of carbonyl (C=O) groups is 3. The lowest BCUT2D eigenvalue weighted by atomic mass is 10.2. The zero-order valence-corrected chi connectivity index (χ0v) is 21.2. The minimum atomic E-state index is -0.524. The lowest BCUT2D eigenvalue weighted by Crippen LogP contribution is -2.27. The van der Waals surface area contributed by atoms with E-state index in [1.807, 2.05) is 0 Å². The summed E-state index contributed by atoms with van der Waals surface area (Å²) in [4.78, 5) is 48.9. The van der Waals surface area contributed by atoms with E-state index in [1.165, 1.54) is 30.3 Å². The number of nitro groups is 1. The van der Waals surface area contributed by atoms with Crippen molar-refractivity contribution in [2.75, 3.05) is 11.9 Å². The first-order valence-electron chi connectivity index (χ1n) is 10.7. The quantitative estimate of drug-likeness (QED) is 0.200. The van der Waals surface area contributed by atoms with Gasteiger partial charge in [-0.05, 0) is 53.2 Å². The minimum absolute atomic E-state index is 0.0101.